The van der Waals surface area contributed by atoms with Crippen LogP contribution in [0.5, 0.6) is 0 Å². The number of aromatic nitrogens is 4. The van der Waals surface area contributed by atoms with Crippen molar-refractivity contribution < 1.29 is 9.59 Å². The van der Waals surface area contributed by atoms with Crippen LogP contribution in [-0.4, -0.2) is 68.0 Å². The predicted molar refractivity (Wildman–Crippen MR) is 83.6 cm³/mol. The van der Waals surface area contributed by atoms with E-state index in [4.69, 9.17) is 0 Å². The molecule has 0 radical (unpaired) electrons. The van der Waals surface area contributed by atoms with E-state index in [1.54, 1.807) is 16.2 Å². The van der Waals surface area contributed by atoms with Crippen LogP contribution in [0.2, 0.25) is 0 Å². The van der Waals surface area contributed by atoms with Crippen molar-refractivity contribution in [1.29, 1.82) is 0 Å². The summed E-state index contributed by atoms with van der Waals surface area (Å²) < 4.78 is 1.40. The average Bonchev–Trinajstić information content (AvgIpc) is 3.26. The molecule has 2 aromatic heterocycles. The molecule has 2 aromatic rings. The molecule has 1 aliphatic rings. The Bertz CT molecular complexity index is 634. The molecule has 1 fully saturated rings. The van der Waals surface area contributed by atoms with Crippen LogP contribution < -0.4 is 0 Å². The Balaban J connectivity index is 1.42. The number of rotatable bonds is 5. The summed E-state index contributed by atoms with van der Waals surface area (Å²) in [5.41, 5.74) is 1.21. The summed E-state index contributed by atoms with van der Waals surface area (Å²) in [7, 11) is 0. The fourth-order valence-corrected chi connectivity index (χ4v) is 3.24. The van der Waals surface area contributed by atoms with E-state index in [1.165, 1.54) is 16.6 Å². The molecule has 0 aliphatic carbocycles. The number of carbonyl (C=O) groups excluding carboxylic acids is 2. The van der Waals surface area contributed by atoms with Crippen LogP contribution >= 0.6 is 11.3 Å². The Kier molecular flexibility index (Phi) is 4.96. The maximum atomic E-state index is 12.2. The van der Waals surface area contributed by atoms with Gasteiger partial charge in [-0.3, -0.25) is 9.59 Å². The van der Waals surface area contributed by atoms with Gasteiger partial charge in [-0.15, -0.1) is 5.10 Å². The van der Waals surface area contributed by atoms with E-state index in [9.17, 15) is 9.59 Å². The van der Waals surface area contributed by atoms with Crippen LogP contribution in [0.1, 0.15) is 12.0 Å². The molecular formula is C14H18N6O2S. The third-order valence-corrected chi connectivity index (χ3v) is 4.61. The van der Waals surface area contributed by atoms with E-state index < -0.39 is 0 Å². The Morgan fingerprint density at radius 1 is 1.13 bits per heavy atom. The second-order valence-electron chi connectivity index (χ2n) is 5.40. The van der Waals surface area contributed by atoms with Gasteiger partial charge in [0.05, 0.1) is 0 Å². The summed E-state index contributed by atoms with van der Waals surface area (Å²) in [4.78, 5) is 27.9. The molecule has 1 aliphatic heterocycles. The highest BCUT2D eigenvalue weighted by Gasteiger charge is 2.24. The first-order chi connectivity index (χ1) is 11.2. The maximum absolute atomic E-state index is 12.2. The van der Waals surface area contributed by atoms with Crippen molar-refractivity contribution >= 4 is 23.2 Å². The Morgan fingerprint density at radius 3 is 2.48 bits per heavy atom. The summed E-state index contributed by atoms with van der Waals surface area (Å²) in [6.45, 7) is 2.43. The highest BCUT2D eigenvalue weighted by molar-refractivity contribution is 7.07. The Hall–Kier alpha value is -2.29. The van der Waals surface area contributed by atoms with Crippen molar-refractivity contribution in [3.05, 3.63) is 28.7 Å². The van der Waals surface area contributed by atoms with Crippen molar-refractivity contribution in [3.8, 4) is 0 Å². The molecule has 0 atom stereocenters. The maximum Gasteiger partial charge on any atom is 0.244 e. The monoisotopic (exact) mass is 334 g/mol. The minimum atomic E-state index is -0.0253. The van der Waals surface area contributed by atoms with Gasteiger partial charge < -0.3 is 9.80 Å². The minimum Gasteiger partial charge on any atom is -0.339 e. The van der Waals surface area contributed by atoms with Gasteiger partial charge in [0.25, 0.3) is 0 Å². The number of hydrogen-bond acceptors (Lipinski definition) is 6. The molecular weight excluding hydrogens is 316 g/mol. The number of hydrogen-bond donors (Lipinski definition) is 0. The molecule has 0 unspecified atom stereocenters. The van der Waals surface area contributed by atoms with Gasteiger partial charge in [-0.25, -0.2) is 4.68 Å². The molecule has 0 saturated carbocycles. The molecule has 0 N–H and O–H groups in total. The van der Waals surface area contributed by atoms with E-state index >= 15 is 0 Å². The van der Waals surface area contributed by atoms with Crippen LogP contribution in [0.4, 0.5) is 0 Å². The summed E-state index contributed by atoms with van der Waals surface area (Å²) in [6.07, 6.45) is 2.72. The number of piperazine rings is 1. The molecule has 9 heteroatoms. The molecule has 8 nitrogen and oxygen atoms in total. The van der Waals surface area contributed by atoms with Gasteiger partial charge in [-0.05, 0) is 39.2 Å². The molecule has 0 bridgehead atoms. The predicted octanol–water partition coefficient (Wildman–Crippen LogP) is 0.0382. The standard InChI is InChI=1S/C14H18N6O2S/c21-13(2-1-12-3-8-23-10-12)18-4-6-19(7-5-18)14(22)9-20-11-15-16-17-20/h3,8,10-11H,1-2,4-7,9H2. The molecule has 3 heterocycles. The Labute approximate surface area is 137 Å². The molecule has 122 valence electrons. The SMILES string of the molecule is O=C(CCc1ccsc1)N1CCN(C(=O)Cn2cnnn2)CC1. The zero-order valence-corrected chi connectivity index (χ0v) is 13.5. The largest absolute Gasteiger partial charge is 0.339 e. The fraction of sp³-hybridized carbons (Fsp3) is 0.500. The molecule has 3 rings (SSSR count). The van der Waals surface area contributed by atoms with Gasteiger partial charge in [0, 0.05) is 32.6 Å². The third kappa shape index (κ3) is 4.13. The van der Waals surface area contributed by atoms with Gasteiger partial charge in [-0.1, -0.05) is 0 Å². The molecule has 23 heavy (non-hydrogen) atoms. The van der Waals surface area contributed by atoms with Gasteiger partial charge in [-0.2, -0.15) is 11.3 Å². The average molecular weight is 334 g/mol. The quantitative estimate of drug-likeness (QED) is 0.771. The zero-order chi connectivity index (χ0) is 16.1. The molecule has 0 aromatic carbocycles. The van der Waals surface area contributed by atoms with Crippen molar-refractivity contribution in [1.82, 2.24) is 30.0 Å². The van der Waals surface area contributed by atoms with Gasteiger partial charge in [0.1, 0.15) is 12.9 Å². The summed E-state index contributed by atoms with van der Waals surface area (Å²) in [5, 5.41) is 14.8. The number of nitrogens with zero attached hydrogens (tertiary/aromatic N) is 6. The number of amides is 2. The van der Waals surface area contributed by atoms with Gasteiger partial charge >= 0.3 is 0 Å². The highest BCUT2D eigenvalue weighted by Crippen LogP contribution is 2.11. The summed E-state index contributed by atoms with van der Waals surface area (Å²) >= 11 is 1.65. The van der Waals surface area contributed by atoms with Crippen LogP contribution in [-0.2, 0) is 22.6 Å². The lowest BCUT2D eigenvalue weighted by atomic mass is 10.1. The van der Waals surface area contributed by atoms with E-state index in [1.807, 2.05) is 16.3 Å². The van der Waals surface area contributed by atoms with Crippen LogP contribution in [0.15, 0.2) is 23.2 Å². The van der Waals surface area contributed by atoms with Crippen molar-refractivity contribution in [3.63, 3.8) is 0 Å². The van der Waals surface area contributed by atoms with Gasteiger partial charge in [0.2, 0.25) is 11.8 Å². The van der Waals surface area contributed by atoms with E-state index in [0.29, 0.717) is 32.6 Å². The van der Waals surface area contributed by atoms with E-state index in [2.05, 4.69) is 20.9 Å². The lowest BCUT2D eigenvalue weighted by Crippen LogP contribution is -2.51. The van der Waals surface area contributed by atoms with Crippen LogP contribution in [0.3, 0.4) is 0 Å². The minimum absolute atomic E-state index is 0.0253. The van der Waals surface area contributed by atoms with Crippen molar-refractivity contribution in [2.24, 2.45) is 0 Å². The lowest BCUT2D eigenvalue weighted by Gasteiger charge is -2.34. The van der Waals surface area contributed by atoms with Crippen LogP contribution in [0.25, 0.3) is 0 Å². The normalized spacial score (nSPS) is 15.0. The smallest absolute Gasteiger partial charge is 0.244 e. The summed E-state index contributed by atoms with van der Waals surface area (Å²) in [5.74, 6) is 0.131. The van der Waals surface area contributed by atoms with Crippen LogP contribution in [0, 0.1) is 0 Å². The lowest BCUT2D eigenvalue weighted by molar-refractivity contribution is -0.140. The van der Waals surface area contributed by atoms with Crippen molar-refractivity contribution in [2.45, 2.75) is 19.4 Å². The van der Waals surface area contributed by atoms with E-state index in [-0.39, 0.29) is 18.4 Å². The second kappa shape index (κ2) is 7.32. The molecule has 1 saturated heterocycles. The first-order valence-corrected chi connectivity index (χ1v) is 8.44. The topological polar surface area (TPSA) is 84.2 Å². The highest BCUT2D eigenvalue weighted by atomic mass is 32.1. The zero-order valence-electron chi connectivity index (χ0n) is 12.7. The fourth-order valence-electron chi connectivity index (χ4n) is 2.54. The number of tetrazole rings is 1. The molecule has 2 amide bonds. The number of carbonyl (C=O) groups is 2. The first-order valence-electron chi connectivity index (χ1n) is 7.50. The van der Waals surface area contributed by atoms with E-state index in [0.717, 1.165) is 6.42 Å². The Morgan fingerprint density at radius 2 is 1.87 bits per heavy atom. The number of thiophene rings is 1. The number of aryl methyl sites for hydroxylation is 1. The second-order valence-corrected chi connectivity index (χ2v) is 6.18. The van der Waals surface area contributed by atoms with Crippen molar-refractivity contribution in [2.75, 3.05) is 26.2 Å². The third-order valence-electron chi connectivity index (χ3n) is 3.88. The summed E-state index contributed by atoms with van der Waals surface area (Å²) in [6, 6.07) is 2.05. The van der Waals surface area contributed by atoms with Gasteiger partial charge in [0.15, 0.2) is 0 Å². The first kappa shape index (κ1) is 15.6. The molecule has 0 spiro atoms.